The third kappa shape index (κ3) is 3.01. The van der Waals surface area contributed by atoms with Crippen LogP contribution in [0.4, 0.5) is 4.39 Å². The second-order valence-electron chi connectivity index (χ2n) is 2.63. The van der Waals surface area contributed by atoms with Gasteiger partial charge in [-0.25, -0.2) is 4.39 Å². The zero-order valence-corrected chi connectivity index (χ0v) is 8.30. The van der Waals surface area contributed by atoms with Crippen LogP contribution in [0.5, 0.6) is 5.75 Å². The quantitative estimate of drug-likeness (QED) is 0.837. The van der Waals surface area contributed by atoms with Gasteiger partial charge in [0.1, 0.15) is 18.2 Å². The normalized spacial score (nSPS) is 10.8. The number of rotatable bonds is 4. The van der Waals surface area contributed by atoms with Crippen LogP contribution in [0.2, 0.25) is 0 Å². The van der Waals surface area contributed by atoms with E-state index < -0.39 is 0 Å². The van der Waals surface area contributed by atoms with Crippen molar-refractivity contribution in [2.75, 3.05) is 6.61 Å². The largest absolute Gasteiger partial charge is 0.489 e. The van der Waals surface area contributed by atoms with Gasteiger partial charge in [0.2, 0.25) is 0 Å². The van der Waals surface area contributed by atoms with E-state index in [1.165, 1.54) is 17.7 Å². The van der Waals surface area contributed by atoms with Crippen LogP contribution in [0, 0.1) is 5.82 Å². The molecule has 2 N–H and O–H groups in total. The van der Waals surface area contributed by atoms with Gasteiger partial charge in [-0.2, -0.15) is 0 Å². The van der Waals surface area contributed by atoms with Crippen molar-refractivity contribution >= 4 is 11.6 Å². The minimum atomic E-state index is -0.314. The van der Waals surface area contributed by atoms with Gasteiger partial charge in [-0.3, -0.25) is 0 Å². The van der Waals surface area contributed by atoms with E-state index in [9.17, 15) is 4.39 Å². The van der Waals surface area contributed by atoms with Crippen molar-refractivity contribution in [3.05, 3.63) is 41.2 Å². The standard InChI is InChI=1S/C10H11ClFNO/c11-4-1-5-14-10-3-2-9(12)6-8(10)7-13/h1-4,6H,5,7,13H2/b4-1+. The van der Waals surface area contributed by atoms with Crippen LogP contribution in [0.1, 0.15) is 5.56 Å². The van der Waals surface area contributed by atoms with E-state index in [1.54, 1.807) is 12.1 Å². The Bertz CT molecular complexity index is 328. The molecule has 0 bridgehead atoms. The number of hydrogen-bond acceptors (Lipinski definition) is 2. The molecule has 0 saturated heterocycles. The van der Waals surface area contributed by atoms with Crippen LogP contribution < -0.4 is 10.5 Å². The van der Waals surface area contributed by atoms with Gasteiger partial charge in [0.05, 0.1) is 0 Å². The van der Waals surface area contributed by atoms with Crippen molar-refractivity contribution in [1.82, 2.24) is 0 Å². The van der Waals surface area contributed by atoms with E-state index in [4.69, 9.17) is 22.1 Å². The van der Waals surface area contributed by atoms with Gasteiger partial charge in [0.25, 0.3) is 0 Å². The van der Waals surface area contributed by atoms with E-state index in [-0.39, 0.29) is 12.4 Å². The molecule has 0 amide bonds. The van der Waals surface area contributed by atoms with Gasteiger partial charge in [-0.1, -0.05) is 11.6 Å². The minimum absolute atomic E-state index is 0.248. The average molecular weight is 216 g/mol. The first-order chi connectivity index (χ1) is 6.77. The topological polar surface area (TPSA) is 35.2 Å². The first kappa shape index (κ1) is 11.0. The van der Waals surface area contributed by atoms with E-state index in [2.05, 4.69) is 0 Å². The Balaban J connectivity index is 2.74. The Morgan fingerprint density at radius 2 is 2.29 bits per heavy atom. The number of ether oxygens (including phenoxy) is 1. The van der Waals surface area contributed by atoms with Crippen LogP contribution in [0.25, 0.3) is 0 Å². The Hall–Kier alpha value is -1.06. The summed E-state index contributed by atoms with van der Waals surface area (Å²) < 4.78 is 18.1. The highest BCUT2D eigenvalue weighted by molar-refractivity contribution is 6.25. The summed E-state index contributed by atoms with van der Waals surface area (Å²) in [7, 11) is 0. The van der Waals surface area contributed by atoms with E-state index in [0.29, 0.717) is 17.9 Å². The molecule has 0 radical (unpaired) electrons. The highest BCUT2D eigenvalue weighted by Crippen LogP contribution is 2.18. The third-order valence-corrected chi connectivity index (χ3v) is 1.84. The number of nitrogens with two attached hydrogens (primary N) is 1. The molecule has 1 aromatic carbocycles. The van der Waals surface area contributed by atoms with Gasteiger partial charge in [-0.05, 0) is 24.3 Å². The molecular formula is C10H11ClFNO. The maximum Gasteiger partial charge on any atom is 0.124 e. The molecule has 0 atom stereocenters. The van der Waals surface area contributed by atoms with Crippen LogP contribution >= 0.6 is 11.6 Å². The summed E-state index contributed by atoms with van der Waals surface area (Å²) >= 11 is 5.32. The summed E-state index contributed by atoms with van der Waals surface area (Å²) in [4.78, 5) is 0. The fourth-order valence-corrected chi connectivity index (χ4v) is 1.10. The Kier molecular flexibility index (Phi) is 4.43. The lowest BCUT2D eigenvalue weighted by molar-refractivity contribution is 0.358. The molecule has 0 spiro atoms. The fraction of sp³-hybridized carbons (Fsp3) is 0.200. The smallest absolute Gasteiger partial charge is 0.124 e. The highest BCUT2D eigenvalue weighted by atomic mass is 35.5. The van der Waals surface area contributed by atoms with Crippen LogP contribution in [0.3, 0.4) is 0 Å². The molecule has 0 heterocycles. The first-order valence-corrected chi connectivity index (χ1v) is 4.58. The van der Waals surface area contributed by atoms with Crippen LogP contribution in [-0.4, -0.2) is 6.61 Å². The van der Waals surface area contributed by atoms with E-state index in [1.807, 2.05) is 0 Å². The number of halogens is 2. The first-order valence-electron chi connectivity index (χ1n) is 4.14. The molecule has 0 aliphatic carbocycles. The predicted molar refractivity (Wildman–Crippen MR) is 54.8 cm³/mol. The van der Waals surface area contributed by atoms with E-state index >= 15 is 0 Å². The van der Waals surface area contributed by atoms with Gasteiger partial charge in [0, 0.05) is 17.6 Å². The molecule has 1 rings (SSSR count). The van der Waals surface area contributed by atoms with Crippen molar-refractivity contribution < 1.29 is 9.13 Å². The zero-order valence-electron chi connectivity index (χ0n) is 7.54. The zero-order chi connectivity index (χ0) is 10.4. The van der Waals surface area contributed by atoms with Crippen LogP contribution in [-0.2, 0) is 6.54 Å². The molecule has 0 aliphatic heterocycles. The summed E-state index contributed by atoms with van der Waals surface area (Å²) in [5, 5.41) is 0. The number of hydrogen-bond donors (Lipinski definition) is 1. The Morgan fingerprint density at radius 1 is 1.50 bits per heavy atom. The lowest BCUT2D eigenvalue weighted by Gasteiger charge is -2.08. The van der Waals surface area contributed by atoms with Crippen molar-refractivity contribution in [3.8, 4) is 5.75 Å². The van der Waals surface area contributed by atoms with Crippen LogP contribution in [0.15, 0.2) is 29.8 Å². The summed E-state index contributed by atoms with van der Waals surface area (Å²) in [5.41, 5.74) is 7.45. The molecule has 0 unspecified atom stereocenters. The minimum Gasteiger partial charge on any atom is -0.489 e. The SMILES string of the molecule is NCc1cc(F)ccc1OC/C=C/Cl. The Morgan fingerprint density at radius 3 is 2.93 bits per heavy atom. The average Bonchev–Trinajstić information content (AvgIpc) is 2.20. The fourth-order valence-electron chi connectivity index (χ4n) is 1.02. The molecule has 0 fully saturated rings. The summed E-state index contributed by atoms with van der Waals surface area (Å²) in [6, 6.07) is 4.25. The Labute approximate surface area is 87.1 Å². The van der Waals surface area contributed by atoms with Crippen molar-refractivity contribution in [2.45, 2.75) is 6.54 Å². The van der Waals surface area contributed by atoms with Gasteiger partial charge >= 0.3 is 0 Å². The van der Waals surface area contributed by atoms with Crippen molar-refractivity contribution in [3.63, 3.8) is 0 Å². The van der Waals surface area contributed by atoms with Gasteiger partial charge in [-0.15, -0.1) is 0 Å². The molecule has 0 aromatic heterocycles. The molecular weight excluding hydrogens is 205 g/mol. The molecule has 0 saturated carbocycles. The summed E-state index contributed by atoms with van der Waals surface area (Å²) in [5.74, 6) is 0.273. The van der Waals surface area contributed by atoms with Gasteiger partial charge in [0.15, 0.2) is 0 Å². The maximum absolute atomic E-state index is 12.8. The molecule has 76 valence electrons. The summed E-state index contributed by atoms with van der Waals surface area (Å²) in [6.45, 7) is 0.597. The second kappa shape index (κ2) is 5.62. The molecule has 14 heavy (non-hydrogen) atoms. The summed E-state index contributed by atoms with van der Waals surface area (Å²) in [6.07, 6.45) is 1.64. The molecule has 0 aliphatic rings. The monoisotopic (exact) mass is 215 g/mol. The lowest BCUT2D eigenvalue weighted by atomic mass is 10.2. The molecule has 1 aromatic rings. The third-order valence-electron chi connectivity index (χ3n) is 1.67. The second-order valence-corrected chi connectivity index (χ2v) is 2.88. The van der Waals surface area contributed by atoms with Gasteiger partial charge < -0.3 is 10.5 Å². The molecule has 2 nitrogen and oxygen atoms in total. The molecule has 4 heteroatoms. The predicted octanol–water partition coefficient (Wildman–Crippen LogP) is 2.42. The van der Waals surface area contributed by atoms with Crippen molar-refractivity contribution in [1.29, 1.82) is 0 Å². The maximum atomic E-state index is 12.8. The lowest BCUT2D eigenvalue weighted by Crippen LogP contribution is -2.02. The number of benzene rings is 1. The highest BCUT2D eigenvalue weighted by Gasteiger charge is 2.02. The van der Waals surface area contributed by atoms with Crippen molar-refractivity contribution in [2.24, 2.45) is 5.73 Å². The van der Waals surface area contributed by atoms with E-state index in [0.717, 1.165) is 0 Å².